The van der Waals surface area contributed by atoms with Crippen LogP contribution in [0.5, 0.6) is 11.5 Å². The van der Waals surface area contributed by atoms with Gasteiger partial charge in [-0.25, -0.2) is 4.98 Å². The number of hydrogen-bond donors (Lipinski definition) is 0. The van der Waals surface area contributed by atoms with Crippen LogP contribution >= 0.6 is 23.2 Å². The zero-order valence-electron chi connectivity index (χ0n) is 9.76. The number of benzene rings is 1. The zero-order valence-corrected chi connectivity index (χ0v) is 11.3. The number of nitro groups is 1. The van der Waals surface area contributed by atoms with Crippen molar-refractivity contribution in [2.24, 2.45) is 0 Å². The van der Waals surface area contributed by atoms with Gasteiger partial charge < -0.3 is 4.74 Å². The number of hydrogen-bond acceptors (Lipinski definition) is 4. The average molecular weight is 299 g/mol. The molecule has 0 fully saturated rings. The molecule has 1 aromatic heterocycles. The van der Waals surface area contributed by atoms with Crippen molar-refractivity contribution < 1.29 is 9.66 Å². The summed E-state index contributed by atoms with van der Waals surface area (Å²) < 4.78 is 5.57. The summed E-state index contributed by atoms with van der Waals surface area (Å²) in [6.45, 7) is 1.81. The van der Waals surface area contributed by atoms with E-state index in [1.807, 2.05) is 6.92 Å². The van der Waals surface area contributed by atoms with E-state index in [0.717, 1.165) is 5.56 Å². The number of halogens is 2. The third-order valence-corrected chi connectivity index (χ3v) is 2.87. The molecule has 0 spiro atoms. The van der Waals surface area contributed by atoms with Gasteiger partial charge in [-0.15, -0.1) is 0 Å². The number of rotatable bonds is 3. The van der Waals surface area contributed by atoms with Gasteiger partial charge in [-0.3, -0.25) is 10.1 Å². The molecule has 19 heavy (non-hydrogen) atoms. The normalized spacial score (nSPS) is 10.3. The number of pyridine rings is 1. The predicted octanol–water partition coefficient (Wildman–Crippen LogP) is 4.40. The Balaban J connectivity index is 2.31. The Morgan fingerprint density at radius 1 is 1.32 bits per heavy atom. The highest BCUT2D eigenvalue weighted by Gasteiger charge is 2.13. The minimum absolute atomic E-state index is 0.0142. The largest absolute Gasteiger partial charge is 0.457 e. The lowest BCUT2D eigenvalue weighted by Crippen LogP contribution is -1.92. The highest BCUT2D eigenvalue weighted by molar-refractivity contribution is 6.32. The molecule has 1 heterocycles. The van der Waals surface area contributed by atoms with Crippen molar-refractivity contribution in [2.45, 2.75) is 6.92 Å². The summed E-state index contributed by atoms with van der Waals surface area (Å²) in [7, 11) is 0. The zero-order chi connectivity index (χ0) is 14.0. The first-order chi connectivity index (χ1) is 8.97. The third kappa shape index (κ3) is 3.13. The lowest BCUT2D eigenvalue weighted by molar-refractivity contribution is -0.384. The Bertz CT molecular complexity index is 647. The van der Waals surface area contributed by atoms with E-state index in [4.69, 9.17) is 27.9 Å². The Labute approximate surface area is 118 Å². The van der Waals surface area contributed by atoms with Gasteiger partial charge in [-0.1, -0.05) is 23.2 Å². The lowest BCUT2D eigenvalue weighted by Gasteiger charge is -2.08. The molecule has 0 N–H and O–H groups in total. The Kier molecular flexibility index (Phi) is 3.87. The molecule has 1 aromatic carbocycles. The Morgan fingerprint density at radius 3 is 2.68 bits per heavy atom. The van der Waals surface area contributed by atoms with Gasteiger partial charge in [0, 0.05) is 30.0 Å². The molecule has 0 amide bonds. The summed E-state index contributed by atoms with van der Waals surface area (Å²) in [5, 5.41) is 11.0. The van der Waals surface area contributed by atoms with Gasteiger partial charge in [0.15, 0.2) is 0 Å². The minimum Gasteiger partial charge on any atom is -0.457 e. The van der Waals surface area contributed by atoms with Crippen LogP contribution in [-0.2, 0) is 0 Å². The van der Waals surface area contributed by atoms with Gasteiger partial charge >= 0.3 is 0 Å². The van der Waals surface area contributed by atoms with E-state index in [1.165, 1.54) is 18.2 Å². The van der Waals surface area contributed by atoms with Crippen LogP contribution in [0.4, 0.5) is 5.69 Å². The van der Waals surface area contributed by atoms with Crippen molar-refractivity contribution in [3.63, 3.8) is 0 Å². The topological polar surface area (TPSA) is 65.3 Å². The summed E-state index contributed by atoms with van der Waals surface area (Å²) in [6, 6.07) is 5.70. The van der Waals surface area contributed by atoms with Crippen LogP contribution in [0.1, 0.15) is 5.56 Å². The highest BCUT2D eigenvalue weighted by Crippen LogP contribution is 2.32. The Morgan fingerprint density at radius 2 is 2.05 bits per heavy atom. The molecule has 0 atom stereocenters. The van der Waals surface area contributed by atoms with E-state index in [9.17, 15) is 10.1 Å². The number of ether oxygens (including phenoxy) is 1. The number of nitro benzene ring substituents is 1. The van der Waals surface area contributed by atoms with E-state index >= 15 is 0 Å². The fraction of sp³-hybridized carbons (Fsp3) is 0.0833. The maximum atomic E-state index is 10.6. The number of aryl methyl sites for hydroxylation is 1. The fourth-order valence-electron chi connectivity index (χ4n) is 1.42. The molecule has 2 aromatic rings. The van der Waals surface area contributed by atoms with Gasteiger partial charge in [0.1, 0.15) is 21.7 Å². The van der Waals surface area contributed by atoms with Crippen molar-refractivity contribution >= 4 is 28.9 Å². The quantitative estimate of drug-likeness (QED) is 0.478. The van der Waals surface area contributed by atoms with Crippen molar-refractivity contribution in [3.8, 4) is 11.5 Å². The van der Waals surface area contributed by atoms with Gasteiger partial charge in [-0.05, 0) is 13.0 Å². The smallest absolute Gasteiger partial charge is 0.288 e. The van der Waals surface area contributed by atoms with E-state index < -0.39 is 4.92 Å². The molecule has 7 heteroatoms. The minimum atomic E-state index is -0.555. The number of aromatic nitrogens is 1. The van der Waals surface area contributed by atoms with Crippen LogP contribution in [0, 0.1) is 17.0 Å². The lowest BCUT2D eigenvalue weighted by atomic mass is 10.3. The molecule has 0 unspecified atom stereocenters. The summed E-state index contributed by atoms with van der Waals surface area (Å²) in [5.41, 5.74) is 0.623. The molecule has 5 nitrogen and oxygen atoms in total. The maximum Gasteiger partial charge on any atom is 0.288 e. The molecule has 0 aliphatic rings. The summed E-state index contributed by atoms with van der Waals surface area (Å²) in [5.74, 6) is 0.908. The first-order valence-corrected chi connectivity index (χ1v) is 5.97. The molecular formula is C12H8Cl2N2O3. The van der Waals surface area contributed by atoms with Crippen LogP contribution < -0.4 is 4.74 Å². The second kappa shape index (κ2) is 5.42. The third-order valence-electron chi connectivity index (χ3n) is 2.36. The summed E-state index contributed by atoms with van der Waals surface area (Å²) >= 11 is 11.6. The number of nitrogens with zero attached hydrogens (tertiary/aromatic N) is 2. The second-order valence-electron chi connectivity index (χ2n) is 3.74. The van der Waals surface area contributed by atoms with Crippen LogP contribution in [0.2, 0.25) is 10.2 Å². The molecule has 0 aliphatic heterocycles. The van der Waals surface area contributed by atoms with Gasteiger partial charge in [0.2, 0.25) is 0 Å². The molecule has 0 bridgehead atoms. The van der Waals surface area contributed by atoms with Crippen LogP contribution in [-0.4, -0.2) is 9.91 Å². The first kappa shape index (κ1) is 13.6. The van der Waals surface area contributed by atoms with Gasteiger partial charge in [0.25, 0.3) is 5.69 Å². The monoisotopic (exact) mass is 298 g/mol. The van der Waals surface area contributed by atoms with E-state index in [0.29, 0.717) is 16.7 Å². The van der Waals surface area contributed by atoms with Crippen LogP contribution in [0.25, 0.3) is 0 Å². The maximum absolute atomic E-state index is 10.6. The molecule has 0 saturated carbocycles. The molecular weight excluding hydrogens is 291 g/mol. The standard InChI is InChI=1S/C12H8Cl2N2O3/c1-7-6-15-12(14)5-11(7)19-8-2-3-10(16(17)18)9(13)4-8/h2-6H,1H3. The van der Waals surface area contributed by atoms with Crippen molar-refractivity contribution in [1.29, 1.82) is 0 Å². The van der Waals surface area contributed by atoms with Gasteiger partial charge in [-0.2, -0.15) is 0 Å². The molecule has 0 radical (unpaired) electrons. The molecule has 2 rings (SSSR count). The first-order valence-electron chi connectivity index (χ1n) is 5.21. The average Bonchev–Trinajstić information content (AvgIpc) is 2.33. The van der Waals surface area contributed by atoms with Crippen LogP contribution in [0.3, 0.4) is 0 Å². The van der Waals surface area contributed by atoms with Crippen molar-refractivity contribution in [1.82, 2.24) is 4.98 Å². The summed E-state index contributed by atoms with van der Waals surface area (Å²) in [4.78, 5) is 14.0. The Hall–Kier alpha value is -1.85. The molecule has 0 saturated heterocycles. The van der Waals surface area contributed by atoms with Crippen molar-refractivity contribution in [3.05, 3.63) is 56.3 Å². The second-order valence-corrected chi connectivity index (χ2v) is 4.54. The van der Waals surface area contributed by atoms with E-state index in [1.54, 1.807) is 12.3 Å². The van der Waals surface area contributed by atoms with Crippen LogP contribution in [0.15, 0.2) is 30.5 Å². The highest BCUT2D eigenvalue weighted by atomic mass is 35.5. The van der Waals surface area contributed by atoms with Crippen molar-refractivity contribution in [2.75, 3.05) is 0 Å². The predicted molar refractivity (Wildman–Crippen MR) is 72.2 cm³/mol. The van der Waals surface area contributed by atoms with Gasteiger partial charge in [0.05, 0.1) is 4.92 Å². The van der Waals surface area contributed by atoms with E-state index in [2.05, 4.69) is 4.98 Å². The molecule has 98 valence electrons. The SMILES string of the molecule is Cc1cnc(Cl)cc1Oc1ccc([N+](=O)[O-])c(Cl)c1. The molecule has 0 aliphatic carbocycles. The summed E-state index contributed by atoms with van der Waals surface area (Å²) in [6.07, 6.45) is 1.57. The van der Waals surface area contributed by atoms with E-state index in [-0.39, 0.29) is 10.7 Å². The fourth-order valence-corrected chi connectivity index (χ4v) is 1.80.